The van der Waals surface area contributed by atoms with Crippen LogP contribution in [0, 0.1) is 0 Å². The number of nitrogens with zero attached hydrogens (tertiary/aromatic N) is 1. The number of rotatable bonds is 2. The lowest BCUT2D eigenvalue weighted by molar-refractivity contribution is -0.0539. The van der Waals surface area contributed by atoms with Gasteiger partial charge in [0, 0.05) is 19.4 Å². The molecule has 0 aromatic carbocycles. The number of hydrogen-bond acceptors (Lipinski definition) is 4. The number of aliphatic hydroxyl groups excluding tert-OH is 1. The minimum atomic E-state index is -0.670. The average molecular weight is 238 g/mol. The molecule has 0 saturated heterocycles. The Morgan fingerprint density at radius 2 is 2.12 bits per heavy atom. The van der Waals surface area contributed by atoms with E-state index < -0.39 is 6.23 Å². The van der Waals surface area contributed by atoms with E-state index in [4.69, 9.17) is 10.5 Å². The van der Waals surface area contributed by atoms with Crippen molar-refractivity contribution in [2.45, 2.75) is 50.5 Å². The summed E-state index contributed by atoms with van der Waals surface area (Å²) in [7, 11) is 1.77. The monoisotopic (exact) mass is 238 g/mol. The van der Waals surface area contributed by atoms with Gasteiger partial charge in [-0.15, -0.1) is 0 Å². The number of ether oxygens (including phenoxy) is 1. The molecular formula is C13H22N2O2. The molecule has 0 amide bonds. The fourth-order valence-electron chi connectivity index (χ4n) is 2.63. The van der Waals surface area contributed by atoms with E-state index in [1.165, 1.54) is 0 Å². The third kappa shape index (κ3) is 2.48. The summed E-state index contributed by atoms with van der Waals surface area (Å²) in [5, 5.41) is 10.0. The van der Waals surface area contributed by atoms with Crippen LogP contribution in [-0.2, 0) is 4.74 Å². The third-order valence-electron chi connectivity index (χ3n) is 4.05. The van der Waals surface area contributed by atoms with Gasteiger partial charge in [0.15, 0.2) is 6.23 Å². The van der Waals surface area contributed by atoms with Crippen molar-refractivity contribution in [3.8, 4) is 0 Å². The highest BCUT2D eigenvalue weighted by molar-refractivity contribution is 5.19. The summed E-state index contributed by atoms with van der Waals surface area (Å²) in [4.78, 5) is 1.96. The number of hydrogen-bond donors (Lipinski definition) is 2. The largest absolute Gasteiger partial charge is 0.398 e. The van der Waals surface area contributed by atoms with E-state index >= 15 is 0 Å². The smallest absolute Gasteiger partial charge is 0.167 e. The molecule has 1 aliphatic carbocycles. The summed E-state index contributed by atoms with van der Waals surface area (Å²) in [5.41, 5.74) is 6.27. The van der Waals surface area contributed by atoms with Crippen molar-refractivity contribution < 1.29 is 9.84 Å². The molecule has 0 radical (unpaired) electrons. The van der Waals surface area contributed by atoms with Gasteiger partial charge in [0.1, 0.15) is 0 Å². The van der Waals surface area contributed by atoms with Crippen LogP contribution in [0.1, 0.15) is 32.6 Å². The molecule has 1 unspecified atom stereocenters. The van der Waals surface area contributed by atoms with Gasteiger partial charge in [-0.3, -0.25) is 0 Å². The minimum absolute atomic E-state index is 0.00232. The second-order valence-electron chi connectivity index (χ2n) is 5.21. The van der Waals surface area contributed by atoms with Crippen LogP contribution in [0.3, 0.4) is 0 Å². The van der Waals surface area contributed by atoms with Crippen LogP contribution in [0.25, 0.3) is 0 Å². The lowest BCUT2D eigenvalue weighted by Gasteiger charge is -2.43. The Morgan fingerprint density at radius 1 is 1.47 bits per heavy atom. The summed E-state index contributed by atoms with van der Waals surface area (Å²) in [5.74, 6) is 0. The van der Waals surface area contributed by atoms with Crippen molar-refractivity contribution in [1.82, 2.24) is 4.90 Å². The molecular weight excluding hydrogens is 216 g/mol. The predicted molar refractivity (Wildman–Crippen MR) is 66.9 cm³/mol. The fraction of sp³-hybridized carbons (Fsp3) is 0.692. The van der Waals surface area contributed by atoms with E-state index in [9.17, 15) is 5.11 Å². The molecule has 0 aromatic heterocycles. The van der Waals surface area contributed by atoms with Crippen LogP contribution in [0.2, 0.25) is 0 Å². The van der Waals surface area contributed by atoms with Crippen molar-refractivity contribution in [3.05, 3.63) is 24.0 Å². The van der Waals surface area contributed by atoms with Gasteiger partial charge in [-0.05, 0) is 44.8 Å². The quantitative estimate of drug-likeness (QED) is 0.762. The Bertz CT molecular complexity index is 330. The van der Waals surface area contributed by atoms with Crippen molar-refractivity contribution in [1.29, 1.82) is 0 Å². The van der Waals surface area contributed by atoms with E-state index in [2.05, 4.69) is 6.92 Å². The average Bonchev–Trinajstić information content (AvgIpc) is 2.34. The van der Waals surface area contributed by atoms with Crippen LogP contribution < -0.4 is 5.73 Å². The Balaban J connectivity index is 1.98. The number of nitrogens with two attached hydrogens (primary N) is 1. The zero-order chi connectivity index (χ0) is 12.5. The number of allylic oxidation sites excluding steroid dienone is 2. The standard InChI is InChI=1S/C13H22N2O2/c1-13(17-2)7-5-10(6-8-13)15-9-3-4-11(14)12(15)16/h3-4,9-10,12,16H,5-8,14H2,1-2H3/t10-,12?,13-. The maximum Gasteiger partial charge on any atom is 0.167 e. The van der Waals surface area contributed by atoms with E-state index in [-0.39, 0.29) is 5.60 Å². The molecule has 4 nitrogen and oxygen atoms in total. The van der Waals surface area contributed by atoms with Crippen LogP contribution in [-0.4, -0.2) is 35.0 Å². The summed E-state index contributed by atoms with van der Waals surface area (Å²) >= 11 is 0. The molecule has 3 N–H and O–H groups in total. The topological polar surface area (TPSA) is 58.7 Å². The van der Waals surface area contributed by atoms with Gasteiger partial charge in [0.25, 0.3) is 0 Å². The molecule has 4 heteroatoms. The Kier molecular flexibility index (Phi) is 3.45. The minimum Gasteiger partial charge on any atom is -0.398 e. The molecule has 1 saturated carbocycles. The van der Waals surface area contributed by atoms with Gasteiger partial charge in [-0.25, -0.2) is 0 Å². The molecule has 1 atom stereocenters. The highest BCUT2D eigenvalue weighted by Gasteiger charge is 2.35. The molecule has 2 rings (SSSR count). The predicted octanol–water partition coefficient (Wildman–Crippen LogP) is 1.32. The highest BCUT2D eigenvalue weighted by Crippen LogP contribution is 2.34. The molecule has 0 spiro atoms. The SMILES string of the molecule is CO[C@]1(C)CC[C@@H](N2C=CC=C(N)C2O)CC1. The molecule has 1 fully saturated rings. The van der Waals surface area contributed by atoms with E-state index in [1.54, 1.807) is 13.2 Å². The van der Waals surface area contributed by atoms with Gasteiger partial charge < -0.3 is 20.5 Å². The molecule has 2 aliphatic rings. The Morgan fingerprint density at radius 3 is 2.71 bits per heavy atom. The van der Waals surface area contributed by atoms with Gasteiger partial charge in [-0.1, -0.05) is 0 Å². The molecule has 17 heavy (non-hydrogen) atoms. The Labute approximate surface area is 103 Å². The van der Waals surface area contributed by atoms with E-state index in [1.807, 2.05) is 17.2 Å². The fourth-order valence-corrected chi connectivity index (χ4v) is 2.63. The summed E-state index contributed by atoms with van der Waals surface area (Å²) < 4.78 is 5.53. The first-order valence-electron chi connectivity index (χ1n) is 6.20. The lowest BCUT2D eigenvalue weighted by Crippen LogP contribution is -2.47. The highest BCUT2D eigenvalue weighted by atomic mass is 16.5. The van der Waals surface area contributed by atoms with Crippen molar-refractivity contribution in [3.63, 3.8) is 0 Å². The van der Waals surface area contributed by atoms with Crippen LogP contribution in [0.5, 0.6) is 0 Å². The third-order valence-corrected chi connectivity index (χ3v) is 4.05. The maximum atomic E-state index is 10.0. The van der Waals surface area contributed by atoms with E-state index in [0.29, 0.717) is 11.7 Å². The van der Waals surface area contributed by atoms with Crippen molar-refractivity contribution >= 4 is 0 Å². The van der Waals surface area contributed by atoms with Gasteiger partial charge >= 0.3 is 0 Å². The molecule has 1 aliphatic heterocycles. The first-order chi connectivity index (χ1) is 8.06. The van der Waals surface area contributed by atoms with Gasteiger partial charge in [-0.2, -0.15) is 0 Å². The summed E-state index contributed by atoms with van der Waals surface area (Å²) in [6.45, 7) is 2.15. The summed E-state index contributed by atoms with van der Waals surface area (Å²) in [6, 6.07) is 0.358. The van der Waals surface area contributed by atoms with Crippen LogP contribution in [0.4, 0.5) is 0 Å². The van der Waals surface area contributed by atoms with Crippen molar-refractivity contribution in [2.75, 3.05) is 7.11 Å². The number of methoxy groups -OCH3 is 1. The van der Waals surface area contributed by atoms with Gasteiger partial charge in [0.2, 0.25) is 0 Å². The molecule has 1 heterocycles. The Hall–Kier alpha value is -1.00. The molecule has 0 bridgehead atoms. The normalized spacial score (nSPS) is 38.1. The maximum absolute atomic E-state index is 10.0. The first kappa shape index (κ1) is 12.5. The van der Waals surface area contributed by atoms with E-state index in [0.717, 1.165) is 25.7 Å². The second-order valence-corrected chi connectivity index (χ2v) is 5.21. The van der Waals surface area contributed by atoms with Gasteiger partial charge in [0.05, 0.1) is 11.3 Å². The van der Waals surface area contributed by atoms with Crippen LogP contribution in [0.15, 0.2) is 24.0 Å². The second kappa shape index (κ2) is 4.70. The zero-order valence-corrected chi connectivity index (χ0v) is 10.6. The van der Waals surface area contributed by atoms with Crippen LogP contribution >= 0.6 is 0 Å². The lowest BCUT2D eigenvalue weighted by atomic mass is 9.82. The molecule has 0 aromatic rings. The number of aliphatic hydroxyl groups is 1. The first-order valence-corrected chi connectivity index (χ1v) is 6.20. The van der Waals surface area contributed by atoms with Crippen molar-refractivity contribution in [2.24, 2.45) is 5.73 Å². The zero-order valence-electron chi connectivity index (χ0n) is 10.6. The molecule has 96 valence electrons. The summed E-state index contributed by atoms with van der Waals surface area (Å²) in [6.07, 6.45) is 9.01.